The maximum absolute atomic E-state index is 13.6. The molecule has 21 heavy (non-hydrogen) atoms. The van der Waals surface area contributed by atoms with Crippen molar-refractivity contribution in [2.75, 3.05) is 0 Å². The number of amides is 1. The van der Waals surface area contributed by atoms with Crippen LogP contribution in [0.4, 0.5) is 4.39 Å². The van der Waals surface area contributed by atoms with Gasteiger partial charge in [0.2, 0.25) is 0 Å². The van der Waals surface area contributed by atoms with Crippen LogP contribution in [0.15, 0.2) is 30.9 Å². The average molecular weight is 284 g/mol. The quantitative estimate of drug-likeness (QED) is 0.558. The summed E-state index contributed by atoms with van der Waals surface area (Å²) in [4.78, 5) is 19.7. The number of imidazole rings is 1. The van der Waals surface area contributed by atoms with Crippen LogP contribution < -0.4 is 5.73 Å². The van der Waals surface area contributed by atoms with E-state index in [4.69, 9.17) is 5.73 Å². The van der Waals surface area contributed by atoms with Crippen molar-refractivity contribution in [3.63, 3.8) is 0 Å². The summed E-state index contributed by atoms with van der Waals surface area (Å²) in [5.41, 5.74) is 7.39. The molecule has 0 unspecified atom stereocenters. The lowest BCUT2D eigenvalue weighted by atomic mass is 10.1. The first-order chi connectivity index (χ1) is 10.1. The van der Waals surface area contributed by atoms with Crippen LogP contribution in [0.2, 0.25) is 0 Å². The largest absolute Gasteiger partial charge is 0.364 e. The van der Waals surface area contributed by atoms with Crippen molar-refractivity contribution in [1.29, 1.82) is 0 Å². The third-order valence-electron chi connectivity index (χ3n) is 3.47. The Morgan fingerprint density at radius 2 is 2.19 bits per heavy atom. The second-order valence-corrected chi connectivity index (χ2v) is 4.68. The highest BCUT2D eigenvalue weighted by Gasteiger charge is 2.25. The van der Waals surface area contributed by atoms with Crippen molar-refractivity contribution in [1.82, 2.24) is 24.3 Å². The van der Waals surface area contributed by atoms with Crippen LogP contribution in [0, 0.1) is 5.82 Å². The van der Waals surface area contributed by atoms with Crippen molar-refractivity contribution in [2.24, 2.45) is 5.73 Å². The molecule has 0 bridgehead atoms. The topological polar surface area (TPSA) is 91.6 Å². The normalized spacial score (nSPS) is 12.2. The van der Waals surface area contributed by atoms with Gasteiger partial charge in [-0.15, -0.1) is 0 Å². The summed E-state index contributed by atoms with van der Waals surface area (Å²) in [5, 5.41) is 4.11. The number of fused-ring (bicyclic) bond motifs is 5. The third kappa shape index (κ3) is 1.59. The van der Waals surface area contributed by atoms with E-state index in [0.29, 0.717) is 22.8 Å². The zero-order valence-electron chi connectivity index (χ0n) is 10.7. The van der Waals surface area contributed by atoms with E-state index in [1.165, 1.54) is 24.8 Å². The Bertz CT molecular complexity index is 881. The predicted octanol–water partition coefficient (Wildman–Crippen LogP) is 0.730. The molecule has 0 fully saturated rings. The summed E-state index contributed by atoms with van der Waals surface area (Å²) in [5.74, 6) is -0.457. The summed E-state index contributed by atoms with van der Waals surface area (Å²) in [6, 6.07) is 4.35. The summed E-state index contributed by atoms with van der Waals surface area (Å²) < 4.78 is 16.9. The smallest absolute Gasteiger partial charge is 0.269 e. The van der Waals surface area contributed by atoms with Gasteiger partial charge in [0.05, 0.1) is 17.9 Å². The van der Waals surface area contributed by atoms with E-state index >= 15 is 0 Å². The zero-order valence-corrected chi connectivity index (χ0v) is 10.7. The number of rotatable bonds is 1. The number of carbonyl (C=O) groups excluding carboxylic acids is 1. The maximum Gasteiger partial charge on any atom is 0.269 e. The molecule has 1 aromatic carbocycles. The van der Waals surface area contributed by atoms with Crippen LogP contribution in [0.25, 0.3) is 17.1 Å². The number of hydrogen-bond donors (Lipinski definition) is 1. The maximum atomic E-state index is 13.6. The van der Waals surface area contributed by atoms with Gasteiger partial charge in [0, 0.05) is 5.56 Å². The second kappa shape index (κ2) is 3.98. The molecule has 0 saturated heterocycles. The SMILES string of the molecule is NC(=O)c1ncn2c1Cn1ncnc1-c1cc(F)ccc1-2. The lowest BCUT2D eigenvalue weighted by Gasteiger charge is -2.08. The fourth-order valence-corrected chi connectivity index (χ4v) is 2.57. The zero-order chi connectivity index (χ0) is 14.6. The van der Waals surface area contributed by atoms with E-state index in [1.807, 2.05) is 0 Å². The lowest BCUT2D eigenvalue weighted by molar-refractivity contribution is 0.0995. The number of halogens is 1. The molecule has 3 aromatic rings. The first-order valence-electron chi connectivity index (χ1n) is 6.19. The highest BCUT2D eigenvalue weighted by atomic mass is 19.1. The summed E-state index contributed by atoms with van der Waals surface area (Å²) in [7, 11) is 0. The fourth-order valence-electron chi connectivity index (χ4n) is 2.57. The molecule has 4 rings (SSSR count). The molecular formula is C13H9FN6O. The molecule has 1 amide bonds. The molecule has 0 spiro atoms. The Labute approximate surface area is 117 Å². The number of hydrogen-bond acceptors (Lipinski definition) is 4. The third-order valence-corrected chi connectivity index (χ3v) is 3.47. The van der Waals surface area contributed by atoms with E-state index in [9.17, 15) is 9.18 Å². The van der Waals surface area contributed by atoms with Crippen LogP contribution in [0.5, 0.6) is 0 Å². The molecule has 8 heteroatoms. The highest BCUT2D eigenvalue weighted by Crippen LogP contribution is 2.31. The summed E-state index contributed by atoms with van der Waals surface area (Å²) in [6.45, 7) is 0.282. The van der Waals surface area contributed by atoms with Crippen LogP contribution in [0.3, 0.4) is 0 Å². The van der Waals surface area contributed by atoms with Crippen molar-refractivity contribution in [3.8, 4) is 17.1 Å². The lowest BCUT2D eigenvalue weighted by Crippen LogP contribution is -2.16. The minimum absolute atomic E-state index is 0.175. The van der Waals surface area contributed by atoms with E-state index in [1.54, 1.807) is 15.3 Å². The van der Waals surface area contributed by atoms with Gasteiger partial charge in [0.25, 0.3) is 5.91 Å². The van der Waals surface area contributed by atoms with E-state index in [-0.39, 0.29) is 18.1 Å². The van der Waals surface area contributed by atoms with Crippen molar-refractivity contribution < 1.29 is 9.18 Å². The summed E-state index contributed by atoms with van der Waals surface area (Å²) in [6.07, 6.45) is 2.89. The Balaban J connectivity index is 2.09. The molecule has 2 N–H and O–H groups in total. The van der Waals surface area contributed by atoms with Gasteiger partial charge >= 0.3 is 0 Å². The number of nitrogens with zero attached hydrogens (tertiary/aromatic N) is 5. The molecule has 1 aliphatic rings. The number of aromatic nitrogens is 5. The van der Waals surface area contributed by atoms with Crippen molar-refractivity contribution in [2.45, 2.75) is 6.54 Å². The Morgan fingerprint density at radius 3 is 3.00 bits per heavy atom. The van der Waals surface area contributed by atoms with Crippen LogP contribution in [-0.2, 0) is 6.54 Å². The fraction of sp³-hybridized carbons (Fsp3) is 0.0769. The van der Waals surface area contributed by atoms with Gasteiger partial charge in [-0.2, -0.15) is 5.10 Å². The van der Waals surface area contributed by atoms with Gasteiger partial charge in [-0.1, -0.05) is 0 Å². The van der Waals surface area contributed by atoms with E-state index < -0.39 is 5.91 Å². The highest BCUT2D eigenvalue weighted by molar-refractivity contribution is 5.92. The van der Waals surface area contributed by atoms with Crippen LogP contribution >= 0.6 is 0 Å². The van der Waals surface area contributed by atoms with Crippen molar-refractivity contribution in [3.05, 3.63) is 48.1 Å². The van der Waals surface area contributed by atoms with Gasteiger partial charge in [-0.25, -0.2) is 19.0 Å². The van der Waals surface area contributed by atoms with Gasteiger partial charge in [0.15, 0.2) is 11.5 Å². The van der Waals surface area contributed by atoms with Crippen molar-refractivity contribution >= 4 is 5.91 Å². The average Bonchev–Trinajstić information content (AvgIpc) is 3.04. The van der Waals surface area contributed by atoms with Crippen LogP contribution in [0.1, 0.15) is 16.2 Å². The molecule has 0 saturated carbocycles. The molecule has 104 valence electrons. The van der Waals surface area contributed by atoms with Crippen LogP contribution in [-0.4, -0.2) is 30.2 Å². The first kappa shape index (κ1) is 11.8. The first-order valence-corrected chi connectivity index (χ1v) is 6.19. The van der Waals surface area contributed by atoms with E-state index in [2.05, 4.69) is 15.1 Å². The molecule has 0 atom stereocenters. The van der Waals surface area contributed by atoms with Gasteiger partial charge in [-0.05, 0) is 18.2 Å². The molecule has 0 aliphatic carbocycles. The molecule has 7 nitrogen and oxygen atoms in total. The monoisotopic (exact) mass is 284 g/mol. The Kier molecular flexibility index (Phi) is 2.23. The molecule has 1 aliphatic heterocycles. The predicted molar refractivity (Wildman–Crippen MR) is 70.2 cm³/mol. The number of primary amides is 1. The molecule has 0 radical (unpaired) electrons. The molecule has 2 aromatic heterocycles. The number of benzene rings is 1. The summed E-state index contributed by atoms with van der Waals surface area (Å²) >= 11 is 0. The molecule has 3 heterocycles. The van der Waals surface area contributed by atoms with Gasteiger partial charge < -0.3 is 5.73 Å². The second-order valence-electron chi connectivity index (χ2n) is 4.68. The van der Waals surface area contributed by atoms with Gasteiger partial charge in [0.1, 0.15) is 18.5 Å². The van der Waals surface area contributed by atoms with E-state index in [0.717, 1.165) is 0 Å². The standard InChI is InChI=1S/C13H9FN6O/c14-7-1-2-9-8(3-7)13-16-5-18-20(13)4-10-11(12(15)21)17-6-19(9)10/h1-3,5-6H,4H2,(H2,15,21). The van der Waals surface area contributed by atoms with Gasteiger partial charge in [-0.3, -0.25) is 9.36 Å². The minimum atomic E-state index is -0.615. The Morgan fingerprint density at radius 1 is 1.33 bits per heavy atom. The molecular weight excluding hydrogens is 275 g/mol. The number of carbonyl (C=O) groups is 1. The Hall–Kier alpha value is -3.03. The minimum Gasteiger partial charge on any atom is -0.364 e. The number of nitrogens with two attached hydrogens (primary N) is 1.